The summed E-state index contributed by atoms with van der Waals surface area (Å²) in [6.07, 6.45) is 1.56. The van der Waals surface area contributed by atoms with Crippen LogP contribution in [0.1, 0.15) is 5.56 Å². The van der Waals surface area contributed by atoms with Gasteiger partial charge in [-0.25, -0.2) is 0 Å². The first-order valence-electron chi connectivity index (χ1n) is 5.44. The molecule has 0 aliphatic carbocycles. The van der Waals surface area contributed by atoms with Gasteiger partial charge in [0.1, 0.15) is 10.8 Å². The molecule has 0 amide bonds. The smallest absolute Gasteiger partial charge is 0.290 e. The van der Waals surface area contributed by atoms with Crippen LogP contribution in [0.4, 0.5) is 11.4 Å². The average molecular weight is 403 g/mol. The summed E-state index contributed by atoms with van der Waals surface area (Å²) in [6.45, 7) is 0. The van der Waals surface area contributed by atoms with Crippen molar-refractivity contribution in [3.63, 3.8) is 0 Å². The van der Waals surface area contributed by atoms with Crippen molar-refractivity contribution in [2.75, 3.05) is 0 Å². The molecule has 2 rings (SSSR count). The van der Waals surface area contributed by atoms with Crippen LogP contribution < -0.4 is 0 Å². The average Bonchev–Trinajstić information content (AvgIpc) is 2.41. The van der Waals surface area contributed by atoms with E-state index in [4.69, 9.17) is 11.6 Å². The van der Waals surface area contributed by atoms with Crippen LogP contribution in [0.2, 0.25) is 5.02 Å². The standard InChI is InChI=1S/C13H8ClIN2O3/c14-10-3-2-9(6-12(10)17(19)20)16-7-8-1-4-13(18)11(15)5-8/h1-7,18H. The number of benzene rings is 2. The molecular formula is C13H8ClIN2O3. The van der Waals surface area contributed by atoms with E-state index in [0.717, 1.165) is 5.56 Å². The van der Waals surface area contributed by atoms with Crippen molar-refractivity contribution < 1.29 is 10.0 Å². The summed E-state index contributed by atoms with van der Waals surface area (Å²) in [4.78, 5) is 14.4. The number of halogens is 2. The van der Waals surface area contributed by atoms with Crippen LogP contribution >= 0.6 is 34.2 Å². The Hall–Kier alpha value is -1.67. The molecule has 0 spiro atoms. The third kappa shape index (κ3) is 3.45. The molecule has 0 aliphatic rings. The Morgan fingerprint density at radius 3 is 2.70 bits per heavy atom. The van der Waals surface area contributed by atoms with Crippen molar-refractivity contribution in [3.05, 3.63) is 60.7 Å². The van der Waals surface area contributed by atoms with Gasteiger partial charge in [-0.05, 0) is 58.5 Å². The number of phenolic OH excluding ortho intramolecular Hbond substituents is 1. The van der Waals surface area contributed by atoms with E-state index in [1.165, 1.54) is 12.1 Å². The van der Waals surface area contributed by atoms with Crippen LogP contribution in [-0.4, -0.2) is 16.2 Å². The van der Waals surface area contributed by atoms with Gasteiger partial charge >= 0.3 is 0 Å². The summed E-state index contributed by atoms with van der Waals surface area (Å²) < 4.78 is 0.702. The van der Waals surface area contributed by atoms with E-state index in [0.29, 0.717) is 9.26 Å². The van der Waals surface area contributed by atoms with Crippen molar-refractivity contribution in [2.24, 2.45) is 4.99 Å². The molecule has 0 saturated carbocycles. The normalized spacial score (nSPS) is 10.9. The maximum absolute atomic E-state index is 10.8. The molecule has 1 N–H and O–H groups in total. The quantitative estimate of drug-likeness (QED) is 0.360. The van der Waals surface area contributed by atoms with E-state index in [1.54, 1.807) is 30.5 Å². The lowest BCUT2D eigenvalue weighted by Crippen LogP contribution is -1.88. The maximum Gasteiger partial charge on any atom is 0.290 e. The lowest BCUT2D eigenvalue weighted by molar-refractivity contribution is -0.384. The maximum atomic E-state index is 10.8. The molecule has 7 heteroatoms. The van der Waals surface area contributed by atoms with Crippen molar-refractivity contribution in [1.82, 2.24) is 0 Å². The number of aliphatic imine (C=N–C) groups is 1. The summed E-state index contributed by atoms with van der Waals surface area (Å²) in [5.41, 5.74) is 1.04. The minimum atomic E-state index is -0.551. The molecule has 2 aromatic carbocycles. The van der Waals surface area contributed by atoms with Crippen molar-refractivity contribution in [1.29, 1.82) is 0 Å². The summed E-state index contributed by atoms with van der Waals surface area (Å²) in [7, 11) is 0. The first kappa shape index (κ1) is 14.7. The van der Waals surface area contributed by atoms with E-state index >= 15 is 0 Å². The van der Waals surface area contributed by atoms with Crippen LogP contribution in [0.3, 0.4) is 0 Å². The van der Waals surface area contributed by atoms with Gasteiger partial charge in [0.2, 0.25) is 0 Å². The highest BCUT2D eigenvalue weighted by Crippen LogP contribution is 2.28. The molecule has 0 unspecified atom stereocenters. The van der Waals surface area contributed by atoms with Crippen molar-refractivity contribution in [3.8, 4) is 5.75 Å². The van der Waals surface area contributed by atoms with Gasteiger partial charge in [-0.2, -0.15) is 0 Å². The second kappa shape index (κ2) is 6.19. The molecule has 0 heterocycles. The highest BCUT2D eigenvalue weighted by molar-refractivity contribution is 14.1. The van der Waals surface area contributed by atoms with Gasteiger partial charge in [0, 0.05) is 12.3 Å². The minimum absolute atomic E-state index is 0.0770. The van der Waals surface area contributed by atoms with Crippen LogP contribution in [0, 0.1) is 13.7 Å². The van der Waals surface area contributed by atoms with Gasteiger partial charge in [0.15, 0.2) is 0 Å². The van der Waals surface area contributed by atoms with Crippen molar-refractivity contribution >= 4 is 51.8 Å². The number of rotatable bonds is 3. The molecule has 0 aliphatic heterocycles. The van der Waals surface area contributed by atoms with E-state index in [1.807, 2.05) is 22.6 Å². The third-order valence-corrected chi connectivity index (χ3v) is 3.64. The first-order valence-corrected chi connectivity index (χ1v) is 6.89. The molecule has 5 nitrogen and oxygen atoms in total. The predicted octanol–water partition coefficient (Wildman–Crippen LogP) is 4.31. The number of nitro groups is 1. The van der Waals surface area contributed by atoms with E-state index in [9.17, 15) is 15.2 Å². The lowest BCUT2D eigenvalue weighted by atomic mass is 10.2. The molecular weight excluding hydrogens is 395 g/mol. The lowest BCUT2D eigenvalue weighted by Gasteiger charge is -1.99. The third-order valence-electron chi connectivity index (χ3n) is 2.46. The van der Waals surface area contributed by atoms with E-state index < -0.39 is 4.92 Å². The number of phenols is 1. The Morgan fingerprint density at radius 2 is 2.05 bits per heavy atom. The first-order chi connectivity index (χ1) is 9.47. The summed E-state index contributed by atoms with van der Waals surface area (Å²) >= 11 is 7.73. The number of nitrogens with zero attached hydrogens (tertiary/aromatic N) is 2. The zero-order valence-electron chi connectivity index (χ0n) is 9.96. The molecule has 0 atom stereocenters. The second-order valence-corrected chi connectivity index (χ2v) is 5.43. The number of nitro benzene ring substituents is 1. The highest BCUT2D eigenvalue weighted by Gasteiger charge is 2.12. The summed E-state index contributed by atoms with van der Waals surface area (Å²) in [5.74, 6) is 0.199. The molecule has 0 radical (unpaired) electrons. The Kier molecular flexibility index (Phi) is 4.56. The number of aromatic hydroxyl groups is 1. The van der Waals surface area contributed by atoms with Gasteiger partial charge in [-0.3, -0.25) is 15.1 Å². The van der Waals surface area contributed by atoms with Crippen LogP contribution in [-0.2, 0) is 0 Å². The summed E-state index contributed by atoms with van der Waals surface area (Å²) in [6, 6.07) is 9.36. The SMILES string of the molecule is O=[N+]([O-])c1cc(N=Cc2ccc(O)c(I)c2)ccc1Cl. The van der Waals surface area contributed by atoms with Gasteiger partial charge < -0.3 is 5.11 Å². The molecule has 20 heavy (non-hydrogen) atoms. The van der Waals surface area contributed by atoms with Crippen molar-refractivity contribution in [2.45, 2.75) is 0 Å². The zero-order chi connectivity index (χ0) is 14.7. The van der Waals surface area contributed by atoms with Gasteiger partial charge in [0.25, 0.3) is 5.69 Å². The second-order valence-electron chi connectivity index (χ2n) is 3.86. The summed E-state index contributed by atoms with van der Waals surface area (Å²) in [5, 5.41) is 20.3. The molecule has 102 valence electrons. The highest BCUT2D eigenvalue weighted by atomic mass is 127. The topological polar surface area (TPSA) is 75.7 Å². The Balaban J connectivity index is 2.29. The van der Waals surface area contributed by atoms with Crippen LogP contribution in [0.25, 0.3) is 0 Å². The largest absolute Gasteiger partial charge is 0.507 e. The van der Waals surface area contributed by atoms with Crippen LogP contribution in [0.5, 0.6) is 5.75 Å². The van der Waals surface area contributed by atoms with Gasteiger partial charge in [-0.1, -0.05) is 11.6 Å². The molecule has 0 saturated heterocycles. The van der Waals surface area contributed by atoms with Gasteiger partial charge in [-0.15, -0.1) is 0 Å². The van der Waals surface area contributed by atoms with Gasteiger partial charge in [0.05, 0.1) is 14.2 Å². The fourth-order valence-corrected chi connectivity index (χ4v) is 2.20. The minimum Gasteiger partial charge on any atom is -0.507 e. The fraction of sp³-hybridized carbons (Fsp3) is 0. The molecule has 0 aromatic heterocycles. The molecule has 2 aromatic rings. The predicted molar refractivity (Wildman–Crippen MR) is 86.2 cm³/mol. The number of hydrogen-bond acceptors (Lipinski definition) is 4. The molecule has 0 fully saturated rings. The zero-order valence-corrected chi connectivity index (χ0v) is 12.9. The fourth-order valence-electron chi connectivity index (χ4n) is 1.47. The Labute approximate surface area is 133 Å². The number of hydrogen-bond donors (Lipinski definition) is 1. The monoisotopic (exact) mass is 402 g/mol. The Morgan fingerprint density at radius 1 is 1.30 bits per heavy atom. The van der Waals surface area contributed by atoms with E-state index in [2.05, 4.69) is 4.99 Å². The Bertz CT molecular complexity index is 704. The van der Waals surface area contributed by atoms with Crippen LogP contribution in [0.15, 0.2) is 41.4 Å². The molecule has 0 bridgehead atoms. The van der Waals surface area contributed by atoms with E-state index in [-0.39, 0.29) is 16.5 Å².